The van der Waals surface area contributed by atoms with E-state index < -0.39 is 0 Å². The van der Waals surface area contributed by atoms with Crippen molar-refractivity contribution >= 4 is 22.1 Å². The third-order valence-electron chi connectivity index (χ3n) is 8.14. The van der Waals surface area contributed by atoms with Gasteiger partial charge < -0.3 is 0 Å². The summed E-state index contributed by atoms with van der Waals surface area (Å²) in [5, 5.41) is 18.2. The zero-order chi connectivity index (χ0) is 29.1. The molecule has 6 aromatic rings. The molecule has 0 aliphatic heterocycles. The lowest BCUT2D eigenvalue weighted by molar-refractivity contribution is 0.797. The highest BCUT2D eigenvalue weighted by Crippen LogP contribution is 2.37. The van der Waals surface area contributed by atoms with Crippen LogP contribution < -0.4 is 0 Å². The van der Waals surface area contributed by atoms with Gasteiger partial charge in [0.25, 0.3) is 0 Å². The molecule has 0 aliphatic rings. The summed E-state index contributed by atoms with van der Waals surface area (Å²) in [6.45, 7) is 9.04. The van der Waals surface area contributed by atoms with Crippen LogP contribution in [0.1, 0.15) is 75.6 Å². The maximum absolute atomic E-state index is 4.61. The Bertz CT molecular complexity index is 1710. The van der Waals surface area contributed by atoms with Gasteiger partial charge in [0.1, 0.15) is 11.0 Å². The molecule has 0 saturated heterocycles. The number of nitrogens with zero attached hydrogens (tertiary/aromatic N) is 6. The molecule has 0 saturated carbocycles. The van der Waals surface area contributed by atoms with Gasteiger partial charge in [0, 0.05) is 0 Å². The first-order valence-electron chi connectivity index (χ1n) is 15.6. The van der Waals surface area contributed by atoms with Crippen LogP contribution in [0.5, 0.6) is 0 Å². The van der Waals surface area contributed by atoms with E-state index in [1.165, 1.54) is 33.4 Å². The average molecular weight is 557 g/mol. The number of para-hydroxylation sites is 2. The first-order chi connectivity index (χ1) is 20.7. The SMILES string of the molecule is CCCc1cc(-n2nnc3ccccc32)c(CCC)cc1-c1cc(CCC)c(-n2nnc3ccccc32)cc1CCC. The van der Waals surface area contributed by atoms with Gasteiger partial charge in [-0.1, -0.05) is 88.1 Å². The standard InChI is InChI=1S/C36H40N6/c1-5-13-25-23-35(41-33-19-11-9-17-31(33)37-39-41)27(15-7-3)21-29(25)30-22-28(16-8-4)36(24-26(30)14-6-2)42-34-20-12-10-18-32(34)38-40-42/h9-12,17-24H,5-8,13-16H2,1-4H3. The fourth-order valence-electron chi connectivity index (χ4n) is 6.23. The van der Waals surface area contributed by atoms with Crippen molar-refractivity contribution in [2.75, 3.05) is 0 Å². The Morgan fingerprint density at radius 1 is 0.476 bits per heavy atom. The number of hydrogen-bond acceptors (Lipinski definition) is 4. The summed E-state index contributed by atoms with van der Waals surface area (Å²) in [4.78, 5) is 0. The highest BCUT2D eigenvalue weighted by atomic mass is 15.4. The predicted octanol–water partition coefficient (Wildman–Crippen LogP) is 8.63. The fourth-order valence-corrected chi connectivity index (χ4v) is 6.23. The number of benzene rings is 4. The molecule has 0 aliphatic carbocycles. The van der Waals surface area contributed by atoms with Gasteiger partial charge in [0.2, 0.25) is 0 Å². The first kappa shape index (κ1) is 27.8. The summed E-state index contributed by atoms with van der Waals surface area (Å²) in [6.07, 6.45) is 8.25. The van der Waals surface area contributed by atoms with E-state index >= 15 is 0 Å². The zero-order valence-electron chi connectivity index (χ0n) is 25.3. The lowest BCUT2D eigenvalue weighted by atomic mass is 9.86. The van der Waals surface area contributed by atoms with Gasteiger partial charge in [-0.2, -0.15) is 0 Å². The largest absolute Gasteiger partial charge is 0.213 e. The van der Waals surface area contributed by atoms with Crippen molar-refractivity contribution in [1.29, 1.82) is 0 Å². The predicted molar refractivity (Wildman–Crippen MR) is 173 cm³/mol. The maximum atomic E-state index is 4.61. The molecule has 0 amide bonds. The topological polar surface area (TPSA) is 61.4 Å². The van der Waals surface area contributed by atoms with Crippen molar-refractivity contribution in [3.8, 4) is 22.5 Å². The van der Waals surface area contributed by atoms with Crippen molar-refractivity contribution in [3.05, 3.63) is 95.1 Å². The summed E-state index contributed by atoms with van der Waals surface area (Å²) < 4.78 is 4.08. The van der Waals surface area contributed by atoms with Crippen molar-refractivity contribution in [3.63, 3.8) is 0 Å². The molecule has 0 fully saturated rings. The molecule has 42 heavy (non-hydrogen) atoms. The smallest absolute Gasteiger partial charge is 0.113 e. The molecule has 4 aromatic carbocycles. The molecule has 2 aromatic heterocycles. The Kier molecular flexibility index (Phi) is 8.13. The average Bonchev–Trinajstić information content (AvgIpc) is 3.64. The van der Waals surface area contributed by atoms with Gasteiger partial charge in [0.05, 0.1) is 22.4 Å². The zero-order valence-corrected chi connectivity index (χ0v) is 25.3. The lowest BCUT2D eigenvalue weighted by Gasteiger charge is -2.21. The van der Waals surface area contributed by atoms with E-state index in [1.54, 1.807) is 0 Å². The number of aromatic nitrogens is 6. The Balaban J connectivity index is 1.58. The minimum atomic E-state index is 0.923. The molecule has 0 N–H and O–H groups in total. The van der Waals surface area contributed by atoms with Gasteiger partial charge in [-0.15, -0.1) is 10.2 Å². The van der Waals surface area contributed by atoms with Gasteiger partial charge >= 0.3 is 0 Å². The van der Waals surface area contributed by atoms with Crippen LogP contribution in [-0.2, 0) is 25.7 Å². The van der Waals surface area contributed by atoms with Crippen LogP contribution >= 0.6 is 0 Å². The van der Waals surface area contributed by atoms with Crippen molar-refractivity contribution in [1.82, 2.24) is 30.0 Å². The van der Waals surface area contributed by atoms with E-state index in [0.29, 0.717) is 0 Å². The van der Waals surface area contributed by atoms with E-state index in [-0.39, 0.29) is 0 Å². The lowest BCUT2D eigenvalue weighted by Crippen LogP contribution is -2.08. The van der Waals surface area contributed by atoms with E-state index in [9.17, 15) is 0 Å². The molecule has 0 atom stereocenters. The summed E-state index contributed by atoms with van der Waals surface area (Å²) >= 11 is 0. The third kappa shape index (κ3) is 5.11. The fraction of sp³-hybridized carbons (Fsp3) is 0.333. The molecule has 0 spiro atoms. The van der Waals surface area contributed by atoms with E-state index in [2.05, 4.69) is 96.9 Å². The Labute approximate surface area is 248 Å². The molecule has 0 radical (unpaired) electrons. The quantitative estimate of drug-likeness (QED) is 0.160. The van der Waals surface area contributed by atoms with Crippen LogP contribution in [0.3, 0.4) is 0 Å². The molecular weight excluding hydrogens is 516 g/mol. The van der Waals surface area contributed by atoms with Gasteiger partial charge in [0.15, 0.2) is 0 Å². The van der Waals surface area contributed by atoms with Crippen LogP contribution in [0.4, 0.5) is 0 Å². The summed E-state index contributed by atoms with van der Waals surface area (Å²) in [5.74, 6) is 0. The molecule has 0 bridgehead atoms. The van der Waals surface area contributed by atoms with Crippen LogP contribution in [0, 0.1) is 0 Å². The van der Waals surface area contributed by atoms with E-state index in [1.807, 2.05) is 33.6 Å². The minimum absolute atomic E-state index is 0.923. The Hall–Kier alpha value is -4.32. The van der Waals surface area contributed by atoms with Crippen LogP contribution in [0.25, 0.3) is 44.6 Å². The molecule has 6 rings (SSSR count). The van der Waals surface area contributed by atoms with E-state index in [4.69, 9.17) is 0 Å². The number of hydrogen-bond donors (Lipinski definition) is 0. The van der Waals surface area contributed by atoms with Crippen LogP contribution in [-0.4, -0.2) is 30.0 Å². The van der Waals surface area contributed by atoms with Gasteiger partial charge in [-0.25, -0.2) is 9.36 Å². The summed E-state index contributed by atoms with van der Waals surface area (Å²) in [7, 11) is 0. The van der Waals surface area contributed by atoms with Crippen molar-refractivity contribution in [2.24, 2.45) is 0 Å². The highest BCUT2D eigenvalue weighted by Gasteiger charge is 2.20. The molecule has 2 heterocycles. The normalized spacial score (nSPS) is 11.6. The molecule has 6 nitrogen and oxygen atoms in total. The number of aryl methyl sites for hydroxylation is 4. The van der Waals surface area contributed by atoms with Crippen LogP contribution in [0.15, 0.2) is 72.8 Å². The van der Waals surface area contributed by atoms with E-state index in [0.717, 1.165) is 84.8 Å². The monoisotopic (exact) mass is 556 g/mol. The third-order valence-corrected chi connectivity index (χ3v) is 8.14. The second kappa shape index (κ2) is 12.3. The van der Waals surface area contributed by atoms with Gasteiger partial charge in [-0.05, 0) is 108 Å². The second-order valence-electron chi connectivity index (χ2n) is 11.3. The highest BCUT2D eigenvalue weighted by molar-refractivity contribution is 5.81. The maximum Gasteiger partial charge on any atom is 0.113 e. The Morgan fingerprint density at radius 2 is 0.857 bits per heavy atom. The molecule has 0 unspecified atom stereocenters. The minimum Gasteiger partial charge on any atom is -0.213 e. The van der Waals surface area contributed by atoms with Crippen molar-refractivity contribution in [2.45, 2.75) is 79.1 Å². The molecule has 214 valence electrons. The number of fused-ring (bicyclic) bond motifs is 2. The second-order valence-corrected chi connectivity index (χ2v) is 11.3. The summed E-state index contributed by atoms with van der Waals surface area (Å²) in [5.41, 5.74) is 14.3. The molecular formula is C36H40N6. The Morgan fingerprint density at radius 3 is 1.26 bits per heavy atom. The van der Waals surface area contributed by atoms with Gasteiger partial charge in [-0.3, -0.25) is 0 Å². The van der Waals surface area contributed by atoms with Crippen LogP contribution in [0.2, 0.25) is 0 Å². The first-order valence-corrected chi connectivity index (χ1v) is 15.6. The number of rotatable bonds is 11. The molecule has 6 heteroatoms. The summed E-state index contributed by atoms with van der Waals surface area (Å²) in [6, 6.07) is 26.1. The van der Waals surface area contributed by atoms with Crippen molar-refractivity contribution < 1.29 is 0 Å².